The maximum Gasteiger partial charge on any atom is 0.325 e. The molecular weight excluding hydrogens is 436 g/mol. The standard InChI is InChI=1S/C13H17NO4.C13H13NO2/c15-12(16)8-9-14-11(13(17)18)7-6-10-4-2-1-3-5-10;1-9(13(15)16)14-12-7-6-10-4-2-3-5-11(10)8-12/h1-5,11,14H,6-9H2,(H,15,16)(H,17,18);2-9,14H,1H3,(H,15,16)/t11-;9-/m10/s1. The molecule has 34 heavy (non-hydrogen) atoms. The summed E-state index contributed by atoms with van der Waals surface area (Å²) >= 11 is 0. The first-order chi connectivity index (χ1) is 16.3. The topological polar surface area (TPSA) is 136 Å². The van der Waals surface area contributed by atoms with Crippen LogP contribution in [0.1, 0.15) is 25.3 Å². The Morgan fingerprint density at radius 2 is 1.47 bits per heavy atom. The van der Waals surface area contributed by atoms with Crippen LogP contribution in [0.25, 0.3) is 10.8 Å². The van der Waals surface area contributed by atoms with Crippen LogP contribution in [-0.2, 0) is 20.8 Å². The van der Waals surface area contributed by atoms with Crippen molar-refractivity contribution in [2.24, 2.45) is 0 Å². The van der Waals surface area contributed by atoms with Gasteiger partial charge in [-0.2, -0.15) is 0 Å². The Morgan fingerprint density at radius 1 is 0.824 bits per heavy atom. The van der Waals surface area contributed by atoms with Crippen LogP contribution in [0.4, 0.5) is 5.69 Å². The van der Waals surface area contributed by atoms with Gasteiger partial charge in [0.2, 0.25) is 0 Å². The molecule has 0 aromatic heterocycles. The van der Waals surface area contributed by atoms with E-state index in [4.69, 9.17) is 15.3 Å². The van der Waals surface area contributed by atoms with E-state index < -0.39 is 30.0 Å². The summed E-state index contributed by atoms with van der Waals surface area (Å²) in [6.07, 6.45) is 1.02. The Labute approximate surface area is 198 Å². The number of carboxylic acids is 3. The molecule has 0 saturated heterocycles. The maximum absolute atomic E-state index is 11.0. The summed E-state index contributed by atoms with van der Waals surface area (Å²) in [6, 6.07) is 22.1. The smallest absolute Gasteiger partial charge is 0.325 e. The van der Waals surface area contributed by atoms with Gasteiger partial charge in [0, 0.05) is 12.2 Å². The zero-order chi connectivity index (χ0) is 24.9. The average Bonchev–Trinajstić information content (AvgIpc) is 2.81. The minimum Gasteiger partial charge on any atom is -0.481 e. The van der Waals surface area contributed by atoms with Crippen molar-refractivity contribution >= 4 is 34.4 Å². The molecule has 0 fully saturated rings. The second-order valence-corrected chi connectivity index (χ2v) is 7.78. The van der Waals surface area contributed by atoms with E-state index >= 15 is 0 Å². The van der Waals surface area contributed by atoms with E-state index in [1.807, 2.05) is 72.8 Å². The first-order valence-corrected chi connectivity index (χ1v) is 11.0. The van der Waals surface area contributed by atoms with Crippen LogP contribution in [0.15, 0.2) is 72.8 Å². The van der Waals surface area contributed by atoms with E-state index in [1.165, 1.54) is 0 Å². The van der Waals surface area contributed by atoms with Crippen LogP contribution in [0.3, 0.4) is 0 Å². The molecular formula is C26H30N2O6. The molecule has 3 aromatic carbocycles. The van der Waals surface area contributed by atoms with Crippen LogP contribution in [-0.4, -0.2) is 51.9 Å². The number of hydrogen-bond acceptors (Lipinski definition) is 5. The Bertz CT molecular complexity index is 1090. The first kappa shape index (κ1) is 26.3. The summed E-state index contributed by atoms with van der Waals surface area (Å²) in [4.78, 5) is 32.0. The fourth-order valence-corrected chi connectivity index (χ4v) is 3.21. The largest absolute Gasteiger partial charge is 0.481 e. The molecule has 0 bridgehead atoms. The number of fused-ring (bicyclic) bond motifs is 1. The summed E-state index contributed by atoms with van der Waals surface area (Å²) in [5.74, 6) is -2.74. The van der Waals surface area contributed by atoms with Gasteiger partial charge in [0.1, 0.15) is 12.1 Å². The Kier molecular flexibility index (Phi) is 10.5. The Balaban J connectivity index is 0.000000241. The van der Waals surface area contributed by atoms with Crippen LogP contribution < -0.4 is 10.6 Å². The lowest BCUT2D eigenvalue weighted by atomic mass is 10.1. The van der Waals surface area contributed by atoms with E-state index in [9.17, 15) is 14.4 Å². The zero-order valence-corrected chi connectivity index (χ0v) is 19.0. The Morgan fingerprint density at radius 3 is 2.09 bits per heavy atom. The highest BCUT2D eigenvalue weighted by atomic mass is 16.4. The minimum absolute atomic E-state index is 0.0743. The first-order valence-electron chi connectivity index (χ1n) is 11.0. The number of carboxylic acid groups (broad SMARTS) is 3. The predicted octanol–water partition coefficient (Wildman–Crippen LogP) is 3.86. The van der Waals surface area contributed by atoms with Gasteiger partial charge in [-0.05, 0) is 48.2 Å². The zero-order valence-electron chi connectivity index (χ0n) is 19.0. The van der Waals surface area contributed by atoms with E-state index in [2.05, 4.69) is 10.6 Å². The fraction of sp³-hybridized carbons (Fsp3) is 0.269. The van der Waals surface area contributed by atoms with Gasteiger partial charge in [0.15, 0.2) is 0 Å². The van der Waals surface area contributed by atoms with E-state index in [1.54, 1.807) is 6.92 Å². The molecule has 0 heterocycles. The average molecular weight is 467 g/mol. The molecule has 5 N–H and O–H groups in total. The lowest BCUT2D eigenvalue weighted by Crippen LogP contribution is -2.38. The molecule has 3 aromatic rings. The molecule has 0 aliphatic carbocycles. The third-order valence-corrected chi connectivity index (χ3v) is 5.10. The number of nitrogens with one attached hydrogen (secondary N) is 2. The fourth-order valence-electron chi connectivity index (χ4n) is 3.21. The lowest BCUT2D eigenvalue weighted by Gasteiger charge is -2.13. The summed E-state index contributed by atoms with van der Waals surface area (Å²) in [5, 5.41) is 34.2. The molecule has 0 unspecified atom stereocenters. The Hall–Kier alpha value is -3.91. The molecule has 3 rings (SSSR count). The van der Waals surface area contributed by atoms with Gasteiger partial charge in [0.05, 0.1) is 6.42 Å². The summed E-state index contributed by atoms with van der Waals surface area (Å²) < 4.78 is 0. The van der Waals surface area contributed by atoms with Crippen molar-refractivity contribution < 1.29 is 29.7 Å². The number of aryl methyl sites for hydroxylation is 1. The molecule has 2 atom stereocenters. The maximum atomic E-state index is 11.0. The number of anilines is 1. The van der Waals surface area contributed by atoms with Gasteiger partial charge in [-0.15, -0.1) is 0 Å². The van der Waals surface area contributed by atoms with Gasteiger partial charge in [-0.25, -0.2) is 0 Å². The molecule has 0 spiro atoms. The highest BCUT2D eigenvalue weighted by Crippen LogP contribution is 2.19. The van der Waals surface area contributed by atoms with Crippen LogP contribution in [0.2, 0.25) is 0 Å². The van der Waals surface area contributed by atoms with Crippen LogP contribution in [0.5, 0.6) is 0 Å². The monoisotopic (exact) mass is 466 g/mol. The number of aliphatic carboxylic acids is 3. The van der Waals surface area contributed by atoms with Crippen molar-refractivity contribution in [1.82, 2.24) is 5.32 Å². The van der Waals surface area contributed by atoms with Crippen molar-refractivity contribution in [1.29, 1.82) is 0 Å². The van der Waals surface area contributed by atoms with E-state index in [0.29, 0.717) is 12.8 Å². The van der Waals surface area contributed by atoms with Crippen molar-refractivity contribution in [2.75, 3.05) is 11.9 Å². The quantitative estimate of drug-likeness (QED) is 0.287. The molecule has 8 heteroatoms. The number of rotatable bonds is 11. The molecule has 0 aliphatic rings. The second-order valence-electron chi connectivity index (χ2n) is 7.78. The van der Waals surface area contributed by atoms with Crippen molar-refractivity contribution in [3.63, 3.8) is 0 Å². The molecule has 180 valence electrons. The van der Waals surface area contributed by atoms with Crippen molar-refractivity contribution in [3.8, 4) is 0 Å². The lowest BCUT2D eigenvalue weighted by molar-refractivity contribution is -0.141. The number of benzene rings is 3. The van der Waals surface area contributed by atoms with Crippen molar-refractivity contribution in [2.45, 2.75) is 38.3 Å². The molecule has 0 amide bonds. The van der Waals surface area contributed by atoms with E-state index in [-0.39, 0.29) is 13.0 Å². The predicted molar refractivity (Wildman–Crippen MR) is 131 cm³/mol. The van der Waals surface area contributed by atoms with Gasteiger partial charge in [-0.1, -0.05) is 60.7 Å². The summed E-state index contributed by atoms with van der Waals surface area (Å²) in [7, 11) is 0. The molecule has 0 aliphatic heterocycles. The van der Waals surface area contributed by atoms with Crippen LogP contribution >= 0.6 is 0 Å². The second kappa shape index (κ2) is 13.6. The molecule has 8 nitrogen and oxygen atoms in total. The third kappa shape index (κ3) is 9.30. The minimum atomic E-state index is -0.948. The van der Waals surface area contributed by atoms with Gasteiger partial charge < -0.3 is 26.0 Å². The molecule has 0 saturated carbocycles. The van der Waals surface area contributed by atoms with Crippen LogP contribution in [0, 0.1) is 0 Å². The summed E-state index contributed by atoms with van der Waals surface area (Å²) in [5.41, 5.74) is 1.90. The third-order valence-electron chi connectivity index (χ3n) is 5.10. The SMILES string of the molecule is C[C@H](Nc1ccc2ccccc2c1)C(=O)O.O=C(O)CCN[C@H](CCc1ccccc1)C(=O)O. The number of carbonyl (C=O) groups is 3. The van der Waals surface area contributed by atoms with Gasteiger partial charge in [-0.3, -0.25) is 14.4 Å². The highest BCUT2D eigenvalue weighted by molar-refractivity contribution is 5.86. The van der Waals surface area contributed by atoms with Gasteiger partial charge >= 0.3 is 17.9 Å². The van der Waals surface area contributed by atoms with Crippen molar-refractivity contribution in [3.05, 3.63) is 78.4 Å². The van der Waals surface area contributed by atoms with Gasteiger partial charge in [0.25, 0.3) is 0 Å². The summed E-state index contributed by atoms with van der Waals surface area (Å²) in [6.45, 7) is 1.79. The highest BCUT2D eigenvalue weighted by Gasteiger charge is 2.16. The molecule has 0 radical (unpaired) electrons. The van der Waals surface area contributed by atoms with E-state index in [0.717, 1.165) is 22.0 Å². The normalized spacial score (nSPS) is 12.1. The number of hydrogen-bond donors (Lipinski definition) is 5.